The number of fused-ring (bicyclic) bond motifs is 3. The van der Waals surface area contributed by atoms with Gasteiger partial charge in [-0.2, -0.15) is 0 Å². The molecule has 196 valence electrons. The van der Waals surface area contributed by atoms with Crippen molar-refractivity contribution in [3.8, 4) is 5.00 Å². The third-order valence-corrected chi connectivity index (χ3v) is 7.47. The second kappa shape index (κ2) is 12.0. The van der Waals surface area contributed by atoms with Gasteiger partial charge in [0, 0.05) is 27.6 Å². The summed E-state index contributed by atoms with van der Waals surface area (Å²) in [5, 5.41) is 22.0. The zero-order chi connectivity index (χ0) is 26.0. The Morgan fingerprint density at radius 3 is 2.59 bits per heavy atom. The lowest BCUT2D eigenvalue weighted by Gasteiger charge is -2.12. The van der Waals surface area contributed by atoms with Crippen molar-refractivity contribution in [2.24, 2.45) is 10.7 Å². The van der Waals surface area contributed by atoms with Gasteiger partial charge in [-0.3, -0.25) is 19.1 Å². The van der Waals surface area contributed by atoms with E-state index in [0.717, 1.165) is 33.2 Å². The van der Waals surface area contributed by atoms with Crippen LogP contribution in [0.4, 0.5) is 0 Å². The Labute approximate surface area is 229 Å². The molecule has 3 heterocycles. The minimum atomic E-state index is -1.07. The lowest BCUT2D eigenvalue weighted by atomic mass is 9.99. The maximum absolute atomic E-state index is 12.9. The molecule has 1 amide bonds. The molecule has 0 bridgehead atoms. The number of amides is 1. The topological polar surface area (TPSA) is 135 Å². The van der Waals surface area contributed by atoms with Crippen LogP contribution in [0.25, 0.3) is 5.00 Å². The molecule has 0 spiro atoms. The Bertz CT molecular complexity index is 1360. The predicted octanol–water partition coefficient (Wildman–Crippen LogP) is 4.09. The number of hydrogen-bond donors (Lipinski definition) is 3. The Hall–Kier alpha value is -3.05. The monoisotopic (exact) mass is 562 g/mol. The van der Waals surface area contributed by atoms with Crippen LogP contribution in [0.5, 0.6) is 0 Å². The molecule has 12 heteroatoms. The molecular formula is C25H28Cl2N6O3S. The van der Waals surface area contributed by atoms with Crippen LogP contribution in [0.3, 0.4) is 0 Å². The van der Waals surface area contributed by atoms with Crippen molar-refractivity contribution in [2.75, 3.05) is 6.54 Å². The van der Waals surface area contributed by atoms with Crippen LogP contribution in [0.15, 0.2) is 41.4 Å². The van der Waals surface area contributed by atoms with Crippen molar-refractivity contribution < 1.29 is 14.7 Å². The summed E-state index contributed by atoms with van der Waals surface area (Å²) in [7, 11) is 0. The summed E-state index contributed by atoms with van der Waals surface area (Å²) in [6.45, 7) is 6.30. The average Bonchev–Trinajstić information content (AvgIpc) is 3.31. The minimum Gasteiger partial charge on any atom is -0.480 e. The molecule has 1 aromatic carbocycles. The van der Waals surface area contributed by atoms with E-state index in [0.29, 0.717) is 10.8 Å². The number of rotatable bonds is 8. The van der Waals surface area contributed by atoms with E-state index in [9.17, 15) is 9.59 Å². The van der Waals surface area contributed by atoms with Crippen LogP contribution in [0.1, 0.15) is 52.1 Å². The van der Waals surface area contributed by atoms with E-state index >= 15 is 0 Å². The number of nitrogens with one attached hydrogen (secondary N) is 1. The normalized spacial score (nSPS) is 15.3. The number of carbonyl (C=O) groups excluding carboxylic acids is 1. The number of nitrogens with zero attached hydrogens (tertiary/aromatic N) is 4. The fourth-order valence-corrected chi connectivity index (χ4v) is 5.32. The van der Waals surface area contributed by atoms with E-state index in [2.05, 4.69) is 29.4 Å². The number of aromatic nitrogens is 3. The Morgan fingerprint density at radius 2 is 1.92 bits per heavy atom. The summed E-state index contributed by atoms with van der Waals surface area (Å²) in [6.07, 6.45) is 3.59. The minimum absolute atomic E-state index is 0. The van der Waals surface area contributed by atoms with Gasteiger partial charge in [0.1, 0.15) is 22.9 Å². The number of hydrogen-bond acceptors (Lipinski definition) is 7. The third kappa shape index (κ3) is 6.10. The second-order valence-electron chi connectivity index (χ2n) is 8.56. The highest BCUT2D eigenvalue weighted by Crippen LogP contribution is 2.39. The molecular weight excluding hydrogens is 535 g/mol. The van der Waals surface area contributed by atoms with E-state index in [4.69, 9.17) is 27.4 Å². The highest BCUT2D eigenvalue weighted by molar-refractivity contribution is 7.15. The molecule has 2 aromatic heterocycles. The number of aryl methyl sites for hydroxylation is 2. The van der Waals surface area contributed by atoms with Crippen molar-refractivity contribution in [3.63, 3.8) is 0 Å². The van der Waals surface area contributed by atoms with Crippen LogP contribution >= 0.6 is 35.3 Å². The number of carbonyl (C=O) groups is 2. The number of halogens is 2. The van der Waals surface area contributed by atoms with Gasteiger partial charge in [0.2, 0.25) is 5.91 Å². The fraction of sp³-hybridized carbons (Fsp3) is 0.320. The first-order valence-electron chi connectivity index (χ1n) is 11.4. The van der Waals surface area contributed by atoms with Crippen LogP contribution in [0, 0.1) is 20.8 Å². The first kappa shape index (κ1) is 28.5. The first-order chi connectivity index (χ1) is 17.2. The molecule has 1 aliphatic heterocycles. The Kier molecular flexibility index (Phi) is 9.25. The number of benzene rings is 1. The van der Waals surface area contributed by atoms with Gasteiger partial charge in [-0.15, -0.1) is 33.9 Å². The first-order valence-corrected chi connectivity index (χ1v) is 12.6. The van der Waals surface area contributed by atoms with Crippen molar-refractivity contribution in [1.82, 2.24) is 20.1 Å². The van der Waals surface area contributed by atoms with Gasteiger partial charge in [-0.1, -0.05) is 35.9 Å². The standard InChI is InChI=1S/C25H27ClN6O3S.ClH/c1-13-14(2)36-24-21(13)22(16-7-9-17(26)10-8-16)29-19(23-31-30-15(3)32(23)24)12-20(33)28-11-5-4-6-18(27)25(34)35;/h4-5,7-10,18-19H,6,11-12,27H2,1-3H3,(H,28,33)(H,34,35);1H/b5-4+;/t18?,19-;/m0./s1. The second-order valence-corrected chi connectivity index (χ2v) is 10.2. The van der Waals surface area contributed by atoms with Crippen LogP contribution < -0.4 is 11.1 Å². The van der Waals surface area contributed by atoms with Crippen molar-refractivity contribution in [2.45, 2.75) is 45.7 Å². The number of carboxylic acids is 1. The summed E-state index contributed by atoms with van der Waals surface area (Å²) < 4.78 is 2.00. The number of carboxylic acid groups (broad SMARTS) is 1. The summed E-state index contributed by atoms with van der Waals surface area (Å²) >= 11 is 7.79. The van der Waals surface area contributed by atoms with Crippen molar-refractivity contribution in [3.05, 3.63) is 74.7 Å². The quantitative estimate of drug-likeness (QED) is 0.354. The smallest absolute Gasteiger partial charge is 0.320 e. The molecule has 0 fully saturated rings. The molecule has 1 aliphatic rings. The van der Waals surface area contributed by atoms with E-state index < -0.39 is 18.1 Å². The summed E-state index contributed by atoms with van der Waals surface area (Å²) in [5.41, 5.74) is 9.30. The van der Waals surface area contributed by atoms with E-state index in [-0.39, 0.29) is 37.7 Å². The molecule has 0 radical (unpaired) electrons. The van der Waals surface area contributed by atoms with Gasteiger partial charge in [-0.25, -0.2) is 0 Å². The van der Waals surface area contributed by atoms with E-state index in [1.54, 1.807) is 23.5 Å². The predicted molar refractivity (Wildman–Crippen MR) is 148 cm³/mol. The Balaban J connectivity index is 0.00000380. The van der Waals surface area contributed by atoms with Gasteiger partial charge >= 0.3 is 5.97 Å². The Morgan fingerprint density at radius 1 is 1.22 bits per heavy atom. The number of aliphatic carboxylic acids is 1. The van der Waals surface area contributed by atoms with E-state index in [1.807, 2.05) is 35.8 Å². The maximum Gasteiger partial charge on any atom is 0.320 e. The van der Waals surface area contributed by atoms with Crippen molar-refractivity contribution >= 4 is 52.9 Å². The highest BCUT2D eigenvalue weighted by atomic mass is 35.5. The summed E-state index contributed by atoms with van der Waals surface area (Å²) in [6, 6.07) is 6.00. The summed E-state index contributed by atoms with van der Waals surface area (Å²) in [5.74, 6) is 0.0572. The SMILES string of the molecule is Cc1sc2c(c1C)C(c1ccc(Cl)cc1)=N[C@@H](CC(=O)NC/C=C/CC(N)C(=O)O)c1nnc(C)n1-2.Cl. The number of nitrogens with two attached hydrogens (primary N) is 1. The molecule has 4 N–H and O–H groups in total. The molecule has 1 unspecified atom stereocenters. The van der Waals surface area contributed by atoms with Gasteiger partial charge in [0.05, 0.1) is 12.1 Å². The molecule has 37 heavy (non-hydrogen) atoms. The largest absolute Gasteiger partial charge is 0.480 e. The maximum atomic E-state index is 12.9. The van der Waals surface area contributed by atoms with Gasteiger partial charge in [0.15, 0.2) is 5.82 Å². The average molecular weight is 564 g/mol. The number of thiophene rings is 1. The third-order valence-electron chi connectivity index (χ3n) is 6.03. The molecule has 0 aliphatic carbocycles. The molecule has 4 rings (SSSR count). The van der Waals surface area contributed by atoms with Crippen LogP contribution in [-0.4, -0.2) is 50.0 Å². The molecule has 0 saturated heterocycles. The molecule has 2 atom stereocenters. The lowest BCUT2D eigenvalue weighted by Crippen LogP contribution is -2.29. The van der Waals surface area contributed by atoms with Gasteiger partial charge in [-0.05, 0) is 44.9 Å². The zero-order valence-electron chi connectivity index (χ0n) is 20.6. The zero-order valence-corrected chi connectivity index (χ0v) is 23.0. The molecule has 0 saturated carbocycles. The molecule has 9 nitrogen and oxygen atoms in total. The summed E-state index contributed by atoms with van der Waals surface area (Å²) in [4.78, 5) is 29.9. The van der Waals surface area contributed by atoms with Crippen molar-refractivity contribution in [1.29, 1.82) is 0 Å². The lowest BCUT2D eigenvalue weighted by molar-refractivity contribution is -0.138. The fourth-order valence-electron chi connectivity index (χ4n) is 3.98. The molecule has 3 aromatic rings. The van der Waals surface area contributed by atoms with Crippen LogP contribution in [0.2, 0.25) is 5.02 Å². The van der Waals surface area contributed by atoms with Gasteiger partial charge < -0.3 is 16.2 Å². The van der Waals surface area contributed by atoms with E-state index in [1.165, 1.54) is 4.88 Å². The van der Waals surface area contributed by atoms with Gasteiger partial charge in [0.25, 0.3) is 0 Å². The highest BCUT2D eigenvalue weighted by Gasteiger charge is 2.32. The van der Waals surface area contributed by atoms with Crippen LogP contribution in [-0.2, 0) is 9.59 Å². The number of aliphatic imine (C=N–C) groups is 1.